The van der Waals surface area contributed by atoms with Crippen LogP contribution in [0.25, 0.3) is 0 Å². The Hall–Kier alpha value is -0.450. The van der Waals surface area contributed by atoms with Crippen molar-refractivity contribution in [3.8, 4) is 0 Å². The van der Waals surface area contributed by atoms with E-state index in [9.17, 15) is 0 Å². The van der Waals surface area contributed by atoms with E-state index in [2.05, 4.69) is 29.6 Å². The van der Waals surface area contributed by atoms with Gasteiger partial charge in [0.15, 0.2) is 0 Å². The van der Waals surface area contributed by atoms with E-state index in [-0.39, 0.29) is 0 Å². The quantitative estimate of drug-likeness (QED) is 0.723. The molecule has 0 aliphatic carbocycles. The topological polar surface area (TPSA) is 28.4 Å². The van der Waals surface area contributed by atoms with Crippen molar-refractivity contribution < 1.29 is 4.42 Å². The summed E-state index contributed by atoms with van der Waals surface area (Å²) in [5.41, 5.74) is 1.31. The zero-order valence-electron chi connectivity index (χ0n) is 11.4. The molecular weight excluding hydrogens is 232 g/mol. The van der Waals surface area contributed by atoms with Crippen molar-refractivity contribution >= 4 is 11.8 Å². The molecule has 0 fully saturated rings. The Morgan fingerprint density at radius 3 is 2.88 bits per heavy atom. The van der Waals surface area contributed by atoms with Gasteiger partial charge in [-0.25, -0.2) is 0 Å². The maximum absolute atomic E-state index is 5.69. The lowest BCUT2D eigenvalue weighted by Gasteiger charge is -2.15. The predicted molar refractivity (Wildman–Crippen MR) is 75.5 cm³/mol. The van der Waals surface area contributed by atoms with E-state index >= 15 is 0 Å². The summed E-state index contributed by atoms with van der Waals surface area (Å²) in [5, 5.41) is 3.11. The zero-order chi connectivity index (χ0) is 12.7. The Kier molecular flexibility index (Phi) is 6.70. The van der Waals surface area contributed by atoms with Crippen LogP contribution >= 0.6 is 11.8 Å². The molecule has 0 radical (unpaired) electrons. The lowest BCUT2D eigenvalue weighted by Crippen LogP contribution is -2.19. The van der Waals surface area contributed by atoms with Crippen molar-refractivity contribution in [1.82, 2.24) is 10.2 Å². The summed E-state index contributed by atoms with van der Waals surface area (Å²) in [7, 11) is 4.11. The second kappa shape index (κ2) is 7.80. The highest BCUT2D eigenvalue weighted by atomic mass is 32.2. The third-order valence-electron chi connectivity index (χ3n) is 2.75. The van der Waals surface area contributed by atoms with Gasteiger partial charge in [0.1, 0.15) is 11.5 Å². The van der Waals surface area contributed by atoms with E-state index < -0.39 is 0 Å². The third kappa shape index (κ3) is 5.15. The molecule has 0 spiro atoms. The Morgan fingerprint density at radius 2 is 2.24 bits per heavy atom. The molecule has 0 bridgehead atoms. The standard InChI is InChI=1S/C13H24N2OS/c1-11-12(8-13(16-11)9-14-2)10-15(3)6-5-7-17-4/h8,14H,5-7,9-10H2,1-4H3. The molecule has 4 heteroatoms. The molecule has 0 unspecified atom stereocenters. The predicted octanol–water partition coefficient (Wildman–Crippen LogP) is 2.49. The van der Waals surface area contributed by atoms with Gasteiger partial charge in [0.2, 0.25) is 0 Å². The molecule has 3 nitrogen and oxygen atoms in total. The first-order chi connectivity index (χ1) is 8.17. The maximum Gasteiger partial charge on any atom is 0.118 e. The number of furan rings is 1. The van der Waals surface area contributed by atoms with E-state index in [1.165, 1.54) is 17.7 Å². The number of nitrogens with zero attached hydrogens (tertiary/aromatic N) is 1. The molecule has 0 atom stereocenters. The minimum absolute atomic E-state index is 0.803. The van der Waals surface area contributed by atoms with E-state index in [1.807, 2.05) is 25.7 Å². The monoisotopic (exact) mass is 256 g/mol. The van der Waals surface area contributed by atoms with Crippen molar-refractivity contribution in [2.45, 2.75) is 26.4 Å². The largest absolute Gasteiger partial charge is 0.465 e. The number of hydrogen-bond acceptors (Lipinski definition) is 4. The first-order valence-corrected chi connectivity index (χ1v) is 7.47. The molecular formula is C13H24N2OS. The van der Waals surface area contributed by atoms with Crippen molar-refractivity contribution in [2.24, 2.45) is 0 Å². The van der Waals surface area contributed by atoms with Crippen LogP contribution in [0.15, 0.2) is 10.5 Å². The molecule has 1 rings (SSSR count). The first-order valence-electron chi connectivity index (χ1n) is 6.07. The van der Waals surface area contributed by atoms with Gasteiger partial charge in [-0.3, -0.25) is 0 Å². The van der Waals surface area contributed by atoms with Gasteiger partial charge in [-0.1, -0.05) is 0 Å². The Morgan fingerprint density at radius 1 is 1.47 bits per heavy atom. The smallest absolute Gasteiger partial charge is 0.118 e. The highest BCUT2D eigenvalue weighted by molar-refractivity contribution is 7.98. The molecule has 0 saturated carbocycles. The van der Waals surface area contributed by atoms with Gasteiger partial charge in [-0.2, -0.15) is 11.8 Å². The lowest BCUT2D eigenvalue weighted by molar-refractivity contribution is 0.325. The fourth-order valence-corrected chi connectivity index (χ4v) is 2.27. The number of rotatable bonds is 8. The number of nitrogens with one attached hydrogen (secondary N) is 1. The molecule has 0 aliphatic rings. The molecule has 1 aromatic rings. The van der Waals surface area contributed by atoms with E-state index in [0.717, 1.165) is 31.2 Å². The molecule has 0 aromatic carbocycles. The molecule has 1 aromatic heterocycles. The minimum atomic E-state index is 0.803. The van der Waals surface area contributed by atoms with Gasteiger partial charge in [0, 0.05) is 12.1 Å². The SMILES string of the molecule is CNCc1cc(CN(C)CCCSC)c(C)o1. The molecule has 98 valence electrons. The van der Waals surface area contributed by atoms with Crippen LogP contribution in [0.1, 0.15) is 23.5 Å². The van der Waals surface area contributed by atoms with Crippen molar-refractivity contribution in [3.63, 3.8) is 0 Å². The summed E-state index contributed by atoms with van der Waals surface area (Å²) in [6.07, 6.45) is 3.40. The molecule has 0 amide bonds. The summed E-state index contributed by atoms with van der Waals surface area (Å²) in [6.45, 7) is 4.97. The van der Waals surface area contributed by atoms with Crippen molar-refractivity contribution in [1.29, 1.82) is 0 Å². The lowest BCUT2D eigenvalue weighted by atomic mass is 10.2. The third-order valence-corrected chi connectivity index (χ3v) is 3.45. The molecule has 17 heavy (non-hydrogen) atoms. The maximum atomic E-state index is 5.69. The van der Waals surface area contributed by atoms with Gasteiger partial charge in [0.05, 0.1) is 6.54 Å². The van der Waals surface area contributed by atoms with Crippen molar-refractivity contribution in [3.05, 3.63) is 23.2 Å². The van der Waals surface area contributed by atoms with Crippen LogP contribution in [0.5, 0.6) is 0 Å². The van der Waals surface area contributed by atoms with Crippen molar-refractivity contribution in [2.75, 3.05) is 32.6 Å². The average molecular weight is 256 g/mol. The molecule has 0 aliphatic heterocycles. The fourth-order valence-electron chi connectivity index (χ4n) is 1.85. The van der Waals surface area contributed by atoms with Crippen LogP contribution in [0.4, 0.5) is 0 Å². The summed E-state index contributed by atoms with van der Waals surface area (Å²) in [4.78, 5) is 2.36. The molecule has 0 saturated heterocycles. The normalized spacial score (nSPS) is 11.4. The van der Waals surface area contributed by atoms with Crippen LogP contribution < -0.4 is 5.32 Å². The van der Waals surface area contributed by atoms with E-state index in [4.69, 9.17) is 4.42 Å². The Labute approximate surface area is 109 Å². The van der Waals surface area contributed by atoms with Gasteiger partial charge < -0.3 is 14.6 Å². The summed E-state index contributed by atoms with van der Waals surface area (Å²) < 4.78 is 5.69. The summed E-state index contributed by atoms with van der Waals surface area (Å²) in [6, 6.07) is 2.16. The summed E-state index contributed by atoms with van der Waals surface area (Å²) >= 11 is 1.91. The molecule has 1 heterocycles. The highest BCUT2D eigenvalue weighted by Crippen LogP contribution is 2.16. The van der Waals surface area contributed by atoms with Crippen LogP contribution in [0, 0.1) is 6.92 Å². The number of hydrogen-bond donors (Lipinski definition) is 1. The second-order valence-corrected chi connectivity index (χ2v) is 5.39. The average Bonchev–Trinajstić information content (AvgIpc) is 2.60. The van der Waals surface area contributed by atoms with Crippen LogP contribution in [0.2, 0.25) is 0 Å². The van der Waals surface area contributed by atoms with E-state index in [0.29, 0.717) is 0 Å². The van der Waals surface area contributed by atoms with Gasteiger partial charge >= 0.3 is 0 Å². The van der Waals surface area contributed by atoms with Crippen LogP contribution in [-0.2, 0) is 13.1 Å². The van der Waals surface area contributed by atoms with Gasteiger partial charge in [0.25, 0.3) is 0 Å². The Bertz CT molecular complexity index is 325. The first kappa shape index (κ1) is 14.6. The van der Waals surface area contributed by atoms with Gasteiger partial charge in [-0.15, -0.1) is 0 Å². The highest BCUT2D eigenvalue weighted by Gasteiger charge is 2.09. The Balaban J connectivity index is 2.44. The van der Waals surface area contributed by atoms with E-state index in [1.54, 1.807) is 0 Å². The van der Waals surface area contributed by atoms with Crippen LogP contribution in [0.3, 0.4) is 0 Å². The number of aryl methyl sites for hydroxylation is 1. The summed E-state index contributed by atoms with van der Waals surface area (Å²) in [5.74, 6) is 3.31. The van der Waals surface area contributed by atoms with Crippen LogP contribution in [-0.4, -0.2) is 37.5 Å². The fraction of sp³-hybridized carbons (Fsp3) is 0.692. The molecule has 1 N–H and O–H groups in total. The number of thioether (sulfide) groups is 1. The van der Waals surface area contributed by atoms with Gasteiger partial charge in [-0.05, 0) is 52.1 Å². The second-order valence-electron chi connectivity index (χ2n) is 4.41. The zero-order valence-corrected chi connectivity index (χ0v) is 12.2. The minimum Gasteiger partial charge on any atom is -0.465 e.